The SMILES string of the molecule is N#Cc1ccccc1N1CCC(F)CC1. The molecule has 2 rings (SSSR count). The molecule has 0 atom stereocenters. The predicted octanol–water partition coefficient (Wildman–Crippen LogP) is 2.50. The van der Waals surface area contributed by atoms with Gasteiger partial charge in [0.15, 0.2) is 0 Å². The first-order chi connectivity index (χ1) is 7.31. The zero-order valence-corrected chi connectivity index (χ0v) is 8.49. The second-order valence-electron chi connectivity index (χ2n) is 3.79. The Bertz CT molecular complexity index is 375. The second-order valence-corrected chi connectivity index (χ2v) is 3.79. The topological polar surface area (TPSA) is 27.0 Å². The molecule has 1 fully saturated rings. The van der Waals surface area contributed by atoms with Gasteiger partial charge in [-0.3, -0.25) is 0 Å². The lowest BCUT2D eigenvalue weighted by atomic mass is 10.1. The minimum Gasteiger partial charge on any atom is -0.370 e. The number of alkyl halides is 1. The maximum atomic E-state index is 13.0. The molecule has 0 N–H and O–H groups in total. The molecular weight excluding hydrogens is 191 g/mol. The van der Waals surface area contributed by atoms with Crippen LogP contribution < -0.4 is 4.90 Å². The lowest BCUT2D eigenvalue weighted by molar-refractivity contribution is 0.277. The fraction of sp³-hybridized carbons (Fsp3) is 0.417. The Morgan fingerprint density at radius 3 is 2.60 bits per heavy atom. The highest BCUT2D eigenvalue weighted by molar-refractivity contribution is 5.59. The molecule has 0 bridgehead atoms. The molecular formula is C12H13FN2. The van der Waals surface area contributed by atoms with Gasteiger partial charge in [-0.15, -0.1) is 0 Å². The van der Waals surface area contributed by atoms with Crippen molar-refractivity contribution in [3.8, 4) is 6.07 Å². The smallest absolute Gasteiger partial charge is 0.103 e. The van der Waals surface area contributed by atoms with E-state index in [4.69, 9.17) is 5.26 Å². The molecule has 2 nitrogen and oxygen atoms in total. The standard InChI is InChI=1S/C12H13FN2/c13-11-5-7-15(8-6-11)12-4-2-1-3-10(12)9-14/h1-4,11H,5-8H2. The maximum absolute atomic E-state index is 13.0. The lowest BCUT2D eigenvalue weighted by Gasteiger charge is -2.31. The summed E-state index contributed by atoms with van der Waals surface area (Å²) >= 11 is 0. The van der Waals surface area contributed by atoms with Crippen molar-refractivity contribution in [1.29, 1.82) is 5.26 Å². The van der Waals surface area contributed by atoms with Gasteiger partial charge >= 0.3 is 0 Å². The fourth-order valence-corrected chi connectivity index (χ4v) is 1.93. The Morgan fingerprint density at radius 2 is 1.93 bits per heavy atom. The van der Waals surface area contributed by atoms with Crippen LogP contribution in [-0.4, -0.2) is 19.3 Å². The molecule has 1 heterocycles. The first-order valence-electron chi connectivity index (χ1n) is 5.19. The highest BCUT2D eigenvalue weighted by Gasteiger charge is 2.19. The van der Waals surface area contributed by atoms with Crippen molar-refractivity contribution >= 4 is 5.69 Å². The number of anilines is 1. The van der Waals surface area contributed by atoms with Gasteiger partial charge in [-0.1, -0.05) is 12.1 Å². The molecule has 0 spiro atoms. The van der Waals surface area contributed by atoms with Crippen LogP contribution in [0.15, 0.2) is 24.3 Å². The highest BCUT2D eigenvalue weighted by Crippen LogP contribution is 2.24. The van der Waals surface area contributed by atoms with E-state index in [0.29, 0.717) is 31.5 Å². The molecule has 1 aromatic carbocycles. The van der Waals surface area contributed by atoms with Gasteiger partial charge in [-0.05, 0) is 25.0 Å². The van der Waals surface area contributed by atoms with Crippen LogP contribution in [0.4, 0.5) is 10.1 Å². The Morgan fingerprint density at radius 1 is 1.27 bits per heavy atom. The Balaban J connectivity index is 2.19. The third-order valence-corrected chi connectivity index (χ3v) is 2.79. The average Bonchev–Trinajstić information content (AvgIpc) is 2.30. The number of nitriles is 1. The van der Waals surface area contributed by atoms with Crippen LogP contribution in [-0.2, 0) is 0 Å². The van der Waals surface area contributed by atoms with E-state index in [1.807, 2.05) is 18.2 Å². The number of piperidine rings is 1. The highest BCUT2D eigenvalue weighted by atomic mass is 19.1. The first kappa shape index (κ1) is 9.97. The van der Waals surface area contributed by atoms with Crippen LogP contribution in [0.1, 0.15) is 18.4 Å². The molecule has 0 saturated carbocycles. The number of hydrogen-bond donors (Lipinski definition) is 0. The van der Waals surface area contributed by atoms with Gasteiger partial charge in [0.05, 0.1) is 11.3 Å². The first-order valence-corrected chi connectivity index (χ1v) is 5.19. The van der Waals surface area contributed by atoms with Crippen molar-refractivity contribution in [3.05, 3.63) is 29.8 Å². The van der Waals surface area contributed by atoms with Crippen molar-refractivity contribution < 1.29 is 4.39 Å². The van der Waals surface area contributed by atoms with Gasteiger partial charge in [0.2, 0.25) is 0 Å². The predicted molar refractivity (Wildman–Crippen MR) is 57.5 cm³/mol. The summed E-state index contributed by atoms with van der Waals surface area (Å²) in [6.45, 7) is 1.42. The van der Waals surface area contributed by atoms with Crippen LogP contribution >= 0.6 is 0 Å². The number of rotatable bonds is 1. The van der Waals surface area contributed by atoms with E-state index >= 15 is 0 Å². The van der Waals surface area contributed by atoms with Crippen molar-refractivity contribution in [3.63, 3.8) is 0 Å². The Hall–Kier alpha value is -1.56. The molecule has 0 radical (unpaired) electrons. The van der Waals surface area contributed by atoms with Crippen molar-refractivity contribution in [1.82, 2.24) is 0 Å². The Labute approximate surface area is 88.9 Å². The fourth-order valence-electron chi connectivity index (χ4n) is 1.93. The van der Waals surface area contributed by atoms with Crippen molar-refractivity contribution in [2.45, 2.75) is 19.0 Å². The zero-order chi connectivity index (χ0) is 10.7. The van der Waals surface area contributed by atoms with Gasteiger partial charge in [0.1, 0.15) is 12.2 Å². The summed E-state index contributed by atoms with van der Waals surface area (Å²) in [7, 11) is 0. The van der Waals surface area contributed by atoms with Gasteiger partial charge in [0, 0.05) is 13.1 Å². The minimum absolute atomic E-state index is 0.569. The quantitative estimate of drug-likeness (QED) is 0.702. The summed E-state index contributed by atoms with van der Waals surface area (Å²) in [6, 6.07) is 9.66. The maximum Gasteiger partial charge on any atom is 0.103 e. The lowest BCUT2D eigenvalue weighted by Crippen LogP contribution is -2.34. The molecule has 15 heavy (non-hydrogen) atoms. The molecule has 3 heteroatoms. The van der Waals surface area contributed by atoms with Crippen LogP contribution in [0, 0.1) is 11.3 Å². The zero-order valence-electron chi connectivity index (χ0n) is 8.49. The largest absolute Gasteiger partial charge is 0.370 e. The van der Waals surface area contributed by atoms with Crippen LogP contribution in [0.5, 0.6) is 0 Å². The van der Waals surface area contributed by atoms with Crippen molar-refractivity contribution in [2.24, 2.45) is 0 Å². The molecule has 1 aliphatic rings. The van der Waals surface area contributed by atoms with Crippen LogP contribution in [0.2, 0.25) is 0 Å². The molecule has 0 amide bonds. The number of para-hydroxylation sites is 1. The van der Waals surface area contributed by atoms with Crippen LogP contribution in [0.25, 0.3) is 0 Å². The summed E-state index contributed by atoms with van der Waals surface area (Å²) in [5, 5.41) is 8.95. The van der Waals surface area contributed by atoms with Gasteiger partial charge < -0.3 is 4.90 Å². The van der Waals surface area contributed by atoms with Gasteiger partial charge in [0.25, 0.3) is 0 Å². The summed E-state index contributed by atoms with van der Waals surface area (Å²) < 4.78 is 13.0. The summed E-state index contributed by atoms with van der Waals surface area (Å²) in [5.74, 6) is 0. The third-order valence-electron chi connectivity index (χ3n) is 2.79. The molecule has 0 aromatic heterocycles. The van der Waals surface area contributed by atoms with Gasteiger partial charge in [-0.2, -0.15) is 5.26 Å². The van der Waals surface area contributed by atoms with E-state index in [1.54, 1.807) is 6.07 Å². The molecule has 1 aliphatic heterocycles. The average molecular weight is 204 g/mol. The van der Waals surface area contributed by atoms with E-state index in [1.165, 1.54) is 0 Å². The number of hydrogen-bond acceptors (Lipinski definition) is 2. The number of halogens is 1. The number of benzene rings is 1. The number of nitrogens with zero attached hydrogens (tertiary/aromatic N) is 2. The molecule has 1 aromatic rings. The van der Waals surface area contributed by atoms with Crippen LogP contribution in [0.3, 0.4) is 0 Å². The van der Waals surface area contributed by atoms with E-state index < -0.39 is 6.17 Å². The summed E-state index contributed by atoms with van der Waals surface area (Å²) in [6.07, 6.45) is 0.468. The van der Waals surface area contributed by atoms with Crippen molar-refractivity contribution in [2.75, 3.05) is 18.0 Å². The van der Waals surface area contributed by atoms with E-state index in [9.17, 15) is 4.39 Å². The summed E-state index contributed by atoms with van der Waals surface area (Å²) in [5.41, 5.74) is 1.61. The normalized spacial score (nSPS) is 17.5. The molecule has 78 valence electrons. The van der Waals surface area contributed by atoms with Gasteiger partial charge in [-0.25, -0.2) is 4.39 Å². The second kappa shape index (κ2) is 4.31. The Kier molecular flexibility index (Phi) is 2.86. The minimum atomic E-state index is -0.671. The van der Waals surface area contributed by atoms with E-state index in [0.717, 1.165) is 5.69 Å². The summed E-state index contributed by atoms with van der Waals surface area (Å²) in [4.78, 5) is 2.09. The molecule has 1 saturated heterocycles. The van der Waals surface area contributed by atoms with E-state index in [2.05, 4.69) is 11.0 Å². The molecule has 0 aliphatic carbocycles. The monoisotopic (exact) mass is 204 g/mol. The van der Waals surface area contributed by atoms with E-state index in [-0.39, 0.29) is 0 Å². The third kappa shape index (κ3) is 2.10. The molecule has 0 unspecified atom stereocenters.